The highest BCUT2D eigenvalue weighted by atomic mass is 35.5. The molecule has 1 atom stereocenters. The number of hydrogen-bond donors (Lipinski definition) is 2. The van der Waals surface area contributed by atoms with Crippen LogP contribution < -0.4 is 20.5 Å². The Hall–Kier alpha value is -2.03. The van der Waals surface area contributed by atoms with Gasteiger partial charge in [0.1, 0.15) is 6.04 Å². The summed E-state index contributed by atoms with van der Waals surface area (Å²) in [5.41, 5.74) is 6.45. The molecular formula is C17H26ClN3O5. The second kappa shape index (κ2) is 10.2. The summed E-state index contributed by atoms with van der Waals surface area (Å²) < 4.78 is 15.4. The highest BCUT2D eigenvalue weighted by Crippen LogP contribution is 2.34. The zero-order chi connectivity index (χ0) is 18.4. The van der Waals surface area contributed by atoms with E-state index in [0.717, 1.165) is 12.8 Å². The van der Waals surface area contributed by atoms with Crippen molar-refractivity contribution in [1.82, 2.24) is 4.90 Å². The number of ether oxygens (including phenoxy) is 3. The normalized spacial score (nSPS) is 14.4. The van der Waals surface area contributed by atoms with Crippen LogP contribution in [0.2, 0.25) is 0 Å². The molecule has 1 aromatic rings. The average Bonchev–Trinajstić information content (AvgIpc) is 3.15. The maximum absolute atomic E-state index is 12.8. The number of amides is 2. The van der Waals surface area contributed by atoms with Crippen LogP contribution in [0.3, 0.4) is 0 Å². The second-order valence-electron chi connectivity index (χ2n) is 5.80. The van der Waals surface area contributed by atoms with Gasteiger partial charge in [-0.25, -0.2) is 0 Å². The summed E-state index contributed by atoms with van der Waals surface area (Å²) in [5.74, 6) is 0.235. The fourth-order valence-electron chi connectivity index (χ4n) is 2.73. The summed E-state index contributed by atoms with van der Waals surface area (Å²) in [6.45, 7) is 1.47. The van der Waals surface area contributed by atoms with E-state index in [4.69, 9.17) is 19.9 Å². The van der Waals surface area contributed by atoms with Gasteiger partial charge in [-0.3, -0.25) is 9.59 Å². The first-order chi connectivity index (χ1) is 12.0. The average molecular weight is 388 g/mol. The Kier molecular flexibility index (Phi) is 8.64. The number of nitrogens with one attached hydrogen (secondary N) is 1. The van der Waals surface area contributed by atoms with Crippen molar-refractivity contribution in [2.24, 2.45) is 5.73 Å². The van der Waals surface area contributed by atoms with Crippen LogP contribution in [-0.2, 0) is 9.53 Å². The molecule has 8 nitrogen and oxygen atoms in total. The molecule has 1 unspecified atom stereocenters. The van der Waals surface area contributed by atoms with E-state index < -0.39 is 11.9 Å². The number of hydrogen-bond acceptors (Lipinski definition) is 6. The third-order valence-electron chi connectivity index (χ3n) is 4.09. The van der Waals surface area contributed by atoms with Gasteiger partial charge in [-0.2, -0.15) is 0 Å². The highest BCUT2D eigenvalue weighted by Gasteiger charge is 2.25. The van der Waals surface area contributed by atoms with Crippen molar-refractivity contribution in [2.45, 2.75) is 18.9 Å². The molecule has 1 aromatic carbocycles. The summed E-state index contributed by atoms with van der Waals surface area (Å²) in [6.07, 6.45) is 1.94. The third kappa shape index (κ3) is 5.00. The predicted molar refractivity (Wildman–Crippen MR) is 100 cm³/mol. The first-order valence-corrected chi connectivity index (χ1v) is 8.12. The van der Waals surface area contributed by atoms with Crippen LogP contribution in [0.5, 0.6) is 11.5 Å². The lowest BCUT2D eigenvalue weighted by Crippen LogP contribution is -2.39. The van der Waals surface area contributed by atoms with E-state index in [1.165, 1.54) is 21.3 Å². The van der Waals surface area contributed by atoms with E-state index in [1.54, 1.807) is 17.0 Å². The summed E-state index contributed by atoms with van der Waals surface area (Å²) in [4.78, 5) is 26.8. The molecule has 0 spiro atoms. The van der Waals surface area contributed by atoms with Crippen LogP contribution in [0.4, 0.5) is 5.69 Å². The number of nitrogens with two attached hydrogens (primary N) is 1. The molecule has 0 aromatic heterocycles. The lowest BCUT2D eigenvalue weighted by molar-refractivity contribution is -0.118. The Labute approximate surface area is 159 Å². The smallest absolute Gasteiger partial charge is 0.256 e. The van der Waals surface area contributed by atoms with Gasteiger partial charge in [0.15, 0.2) is 11.5 Å². The maximum atomic E-state index is 12.8. The number of anilines is 1. The molecule has 1 aliphatic heterocycles. The first-order valence-electron chi connectivity index (χ1n) is 8.12. The Morgan fingerprint density at radius 2 is 1.73 bits per heavy atom. The number of halogens is 1. The first kappa shape index (κ1) is 22.0. The topological polar surface area (TPSA) is 103 Å². The maximum Gasteiger partial charge on any atom is 0.256 e. The van der Waals surface area contributed by atoms with Crippen LogP contribution in [0.25, 0.3) is 0 Å². The van der Waals surface area contributed by atoms with Crippen LogP contribution >= 0.6 is 12.4 Å². The SMILES string of the molecule is COCC(N)C(=O)Nc1cc(OC)c(OC)cc1C(=O)N1CCCC1.Cl. The molecule has 26 heavy (non-hydrogen) atoms. The molecule has 3 N–H and O–H groups in total. The predicted octanol–water partition coefficient (Wildman–Crippen LogP) is 1.27. The van der Waals surface area contributed by atoms with Gasteiger partial charge in [-0.05, 0) is 18.9 Å². The minimum absolute atomic E-state index is 0. The van der Waals surface area contributed by atoms with E-state index >= 15 is 0 Å². The number of nitrogens with zero attached hydrogens (tertiary/aromatic N) is 1. The van der Waals surface area contributed by atoms with Crippen molar-refractivity contribution >= 4 is 29.9 Å². The minimum Gasteiger partial charge on any atom is -0.493 e. The Morgan fingerprint density at radius 3 is 2.27 bits per heavy atom. The zero-order valence-electron chi connectivity index (χ0n) is 15.2. The fourth-order valence-corrected chi connectivity index (χ4v) is 2.73. The van der Waals surface area contributed by atoms with E-state index in [2.05, 4.69) is 5.32 Å². The van der Waals surface area contributed by atoms with Gasteiger partial charge in [-0.15, -0.1) is 12.4 Å². The van der Waals surface area contributed by atoms with E-state index in [9.17, 15) is 9.59 Å². The number of rotatable bonds is 7. The summed E-state index contributed by atoms with van der Waals surface area (Å²) in [6, 6.07) is 2.31. The molecule has 9 heteroatoms. The van der Waals surface area contributed by atoms with Crippen molar-refractivity contribution in [3.05, 3.63) is 17.7 Å². The van der Waals surface area contributed by atoms with Gasteiger partial charge in [0.25, 0.3) is 5.91 Å². The summed E-state index contributed by atoms with van der Waals surface area (Å²) >= 11 is 0. The molecule has 1 saturated heterocycles. The number of likely N-dealkylation sites (tertiary alicyclic amines) is 1. The van der Waals surface area contributed by atoms with Crippen LogP contribution in [-0.4, -0.2) is 63.8 Å². The lowest BCUT2D eigenvalue weighted by atomic mass is 10.1. The monoisotopic (exact) mass is 387 g/mol. The van der Waals surface area contributed by atoms with Crippen LogP contribution in [0.15, 0.2) is 12.1 Å². The molecular weight excluding hydrogens is 362 g/mol. The quantitative estimate of drug-likeness (QED) is 0.730. The molecule has 0 saturated carbocycles. The van der Waals surface area contributed by atoms with E-state index in [1.807, 2.05) is 0 Å². The Balaban J connectivity index is 0.00000338. The van der Waals surface area contributed by atoms with Crippen LogP contribution in [0.1, 0.15) is 23.2 Å². The van der Waals surface area contributed by atoms with Crippen molar-refractivity contribution in [3.63, 3.8) is 0 Å². The number of carbonyl (C=O) groups excluding carboxylic acids is 2. The molecule has 0 bridgehead atoms. The molecule has 2 rings (SSSR count). The summed E-state index contributed by atoms with van der Waals surface area (Å²) in [7, 11) is 4.45. The number of carbonyl (C=O) groups is 2. The Bertz CT molecular complexity index is 635. The number of methoxy groups -OCH3 is 3. The standard InChI is InChI=1S/C17H25N3O5.ClH/c1-23-10-12(18)16(21)19-13-9-15(25-3)14(24-2)8-11(13)17(22)20-6-4-5-7-20;/h8-9,12H,4-7,10,18H2,1-3H3,(H,19,21);1H. The van der Waals surface area contributed by atoms with Crippen LogP contribution in [0, 0.1) is 0 Å². The van der Waals surface area contributed by atoms with Crippen molar-refractivity contribution in [1.29, 1.82) is 0 Å². The number of benzene rings is 1. The molecule has 0 radical (unpaired) electrons. The largest absolute Gasteiger partial charge is 0.493 e. The minimum atomic E-state index is -0.840. The van der Waals surface area contributed by atoms with Crippen molar-refractivity contribution in [2.75, 3.05) is 46.3 Å². The van der Waals surface area contributed by atoms with Gasteiger partial charge < -0.3 is 30.2 Å². The second-order valence-corrected chi connectivity index (χ2v) is 5.80. The molecule has 0 aliphatic carbocycles. The molecule has 1 heterocycles. The van der Waals surface area contributed by atoms with Gasteiger partial charge in [-0.1, -0.05) is 0 Å². The molecule has 2 amide bonds. The third-order valence-corrected chi connectivity index (χ3v) is 4.09. The van der Waals surface area contributed by atoms with Gasteiger partial charge >= 0.3 is 0 Å². The van der Waals surface area contributed by atoms with E-state index in [-0.39, 0.29) is 24.9 Å². The Morgan fingerprint density at radius 1 is 1.15 bits per heavy atom. The fraction of sp³-hybridized carbons (Fsp3) is 0.529. The van der Waals surface area contributed by atoms with Crippen molar-refractivity contribution in [3.8, 4) is 11.5 Å². The zero-order valence-corrected chi connectivity index (χ0v) is 16.1. The highest BCUT2D eigenvalue weighted by molar-refractivity contribution is 6.05. The molecule has 1 fully saturated rings. The van der Waals surface area contributed by atoms with Gasteiger partial charge in [0, 0.05) is 26.3 Å². The van der Waals surface area contributed by atoms with Gasteiger partial charge in [0.05, 0.1) is 32.1 Å². The lowest BCUT2D eigenvalue weighted by Gasteiger charge is -2.20. The van der Waals surface area contributed by atoms with Gasteiger partial charge in [0.2, 0.25) is 5.91 Å². The summed E-state index contributed by atoms with van der Waals surface area (Å²) in [5, 5.41) is 2.70. The molecule has 146 valence electrons. The van der Waals surface area contributed by atoms with Crippen molar-refractivity contribution < 1.29 is 23.8 Å². The van der Waals surface area contributed by atoms with E-state index in [0.29, 0.717) is 35.8 Å². The molecule has 1 aliphatic rings.